The first-order chi connectivity index (χ1) is 10.1. The Balaban J connectivity index is 2.00. The van der Waals surface area contributed by atoms with Gasteiger partial charge < -0.3 is 5.73 Å². The van der Waals surface area contributed by atoms with E-state index in [1.165, 1.54) is 0 Å². The second kappa shape index (κ2) is 5.46. The molecule has 0 bridgehead atoms. The molecule has 0 unspecified atom stereocenters. The zero-order valence-corrected chi connectivity index (χ0v) is 11.7. The lowest BCUT2D eigenvalue weighted by Crippen LogP contribution is -2.12. The molecule has 21 heavy (non-hydrogen) atoms. The quantitative estimate of drug-likeness (QED) is 0.805. The van der Waals surface area contributed by atoms with E-state index in [0.29, 0.717) is 22.8 Å². The minimum atomic E-state index is -0.542. The second-order valence-electron chi connectivity index (χ2n) is 4.56. The van der Waals surface area contributed by atoms with Crippen molar-refractivity contribution in [2.75, 3.05) is 0 Å². The summed E-state index contributed by atoms with van der Waals surface area (Å²) in [5, 5.41) is 1.32. The third kappa shape index (κ3) is 2.83. The van der Waals surface area contributed by atoms with Crippen molar-refractivity contribution in [3.63, 3.8) is 0 Å². The molecule has 5 nitrogen and oxygen atoms in total. The summed E-state index contributed by atoms with van der Waals surface area (Å²) in [6.07, 6.45) is 3.70. The summed E-state index contributed by atoms with van der Waals surface area (Å²) >= 11 is 6.01. The molecule has 0 fully saturated rings. The van der Waals surface area contributed by atoms with Crippen molar-refractivity contribution in [1.29, 1.82) is 0 Å². The largest absolute Gasteiger partial charge is 0.364 e. The van der Waals surface area contributed by atoms with Crippen LogP contribution in [-0.4, -0.2) is 20.9 Å². The number of primary amides is 1. The Kier molecular flexibility index (Phi) is 3.50. The van der Waals surface area contributed by atoms with E-state index in [1.807, 2.05) is 24.3 Å². The standard InChI is InChI=1S/C15H11ClN4O/c16-14-13(18-5-6-19-14)8-9-1-2-10-3-4-11(15(17)21)20-12(10)7-9/h1-7H,8H2,(H2,17,21). The van der Waals surface area contributed by atoms with E-state index in [4.69, 9.17) is 17.3 Å². The summed E-state index contributed by atoms with van der Waals surface area (Å²) in [5.74, 6) is -0.542. The van der Waals surface area contributed by atoms with Crippen LogP contribution in [0.2, 0.25) is 5.15 Å². The van der Waals surface area contributed by atoms with Gasteiger partial charge in [0.15, 0.2) is 5.15 Å². The topological polar surface area (TPSA) is 81.8 Å². The number of carbonyl (C=O) groups excluding carboxylic acids is 1. The lowest BCUT2D eigenvalue weighted by Gasteiger charge is -2.05. The van der Waals surface area contributed by atoms with Crippen LogP contribution in [0.1, 0.15) is 21.7 Å². The Morgan fingerprint density at radius 3 is 2.67 bits per heavy atom. The number of nitrogens with zero attached hydrogens (tertiary/aromatic N) is 3. The van der Waals surface area contributed by atoms with E-state index < -0.39 is 5.91 Å². The molecule has 0 saturated carbocycles. The molecule has 2 aromatic heterocycles. The van der Waals surface area contributed by atoms with Gasteiger partial charge in [0.25, 0.3) is 5.91 Å². The summed E-state index contributed by atoms with van der Waals surface area (Å²) in [7, 11) is 0. The Morgan fingerprint density at radius 1 is 1.14 bits per heavy atom. The number of hydrogen-bond donors (Lipinski definition) is 1. The van der Waals surface area contributed by atoms with Crippen molar-refractivity contribution < 1.29 is 4.79 Å². The number of hydrogen-bond acceptors (Lipinski definition) is 4. The van der Waals surface area contributed by atoms with Crippen molar-refractivity contribution in [1.82, 2.24) is 15.0 Å². The van der Waals surface area contributed by atoms with Crippen LogP contribution >= 0.6 is 11.6 Å². The van der Waals surface area contributed by atoms with Crippen LogP contribution in [0.15, 0.2) is 42.7 Å². The highest BCUT2D eigenvalue weighted by Gasteiger charge is 2.07. The summed E-state index contributed by atoms with van der Waals surface area (Å²) in [6.45, 7) is 0. The molecular formula is C15H11ClN4O. The van der Waals surface area contributed by atoms with Crippen molar-refractivity contribution in [3.8, 4) is 0 Å². The van der Waals surface area contributed by atoms with Gasteiger partial charge in [-0.15, -0.1) is 0 Å². The summed E-state index contributed by atoms with van der Waals surface area (Å²) in [6, 6.07) is 9.24. The number of fused-ring (bicyclic) bond motifs is 1. The zero-order chi connectivity index (χ0) is 14.8. The highest BCUT2D eigenvalue weighted by molar-refractivity contribution is 6.30. The zero-order valence-electron chi connectivity index (χ0n) is 11.0. The number of nitrogens with two attached hydrogens (primary N) is 1. The summed E-state index contributed by atoms with van der Waals surface area (Å²) in [4.78, 5) is 23.7. The Labute approximate surface area is 125 Å². The van der Waals surface area contributed by atoms with Gasteiger partial charge in [0.2, 0.25) is 0 Å². The predicted octanol–water partition coefficient (Wildman–Crippen LogP) is 2.37. The molecule has 2 heterocycles. The molecule has 0 spiro atoms. The summed E-state index contributed by atoms with van der Waals surface area (Å²) in [5.41, 5.74) is 7.89. The maximum absolute atomic E-state index is 11.2. The molecule has 0 saturated heterocycles. The van der Waals surface area contributed by atoms with E-state index in [1.54, 1.807) is 18.5 Å². The maximum atomic E-state index is 11.2. The number of benzene rings is 1. The molecule has 2 N–H and O–H groups in total. The maximum Gasteiger partial charge on any atom is 0.267 e. The van der Waals surface area contributed by atoms with Crippen LogP contribution < -0.4 is 5.73 Å². The predicted molar refractivity (Wildman–Crippen MR) is 80.1 cm³/mol. The number of amides is 1. The first-order valence-corrected chi connectivity index (χ1v) is 6.66. The fourth-order valence-corrected chi connectivity index (χ4v) is 2.24. The minimum Gasteiger partial charge on any atom is -0.364 e. The van der Waals surface area contributed by atoms with Gasteiger partial charge >= 0.3 is 0 Å². The molecular weight excluding hydrogens is 288 g/mol. The van der Waals surface area contributed by atoms with Crippen LogP contribution in [0.3, 0.4) is 0 Å². The number of aromatic nitrogens is 3. The first kappa shape index (κ1) is 13.5. The number of halogens is 1. The van der Waals surface area contributed by atoms with Crippen LogP contribution in [0.4, 0.5) is 0 Å². The van der Waals surface area contributed by atoms with Crippen LogP contribution in [0, 0.1) is 0 Å². The lowest BCUT2D eigenvalue weighted by molar-refractivity contribution is 0.0996. The van der Waals surface area contributed by atoms with Gasteiger partial charge in [-0.3, -0.25) is 9.78 Å². The molecule has 6 heteroatoms. The monoisotopic (exact) mass is 298 g/mol. The second-order valence-corrected chi connectivity index (χ2v) is 4.92. The highest BCUT2D eigenvalue weighted by atomic mass is 35.5. The fraction of sp³-hybridized carbons (Fsp3) is 0.0667. The molecule has 1 amide bonds. The number of carbonyl (C=O) groups is 1. The third-order valence-electron chi connectivity index (χ3n) is 3.10. The van der Waals surface area contributed by atoms with Gasteiger partial charge in [0, 0.05) is 24.2 Å². The van der Waals surface area contributed by atoms with E-state index in [0.717, 1.165) is 10.9 Å². The van der Waals surface area contributed by atoms with Crippen molar-refractivity contribution in [2.45, 2.75) is 6.42 Å². The molecule has 0 atom stereocenters. The highest BCUT2D eigenvalue weighted by Crippen LogP contribution is 2.19. The lowest BCUT2D eigenvalue weighted by atomic mass is 10.1. The van der Waals surface area contributed by atoms with E-state index in [-0.39, 0.29) is 5.69 Å². The van der Waals surface area contributed by atoms with Crippen LogP contribution in [0.5, 0.6) is 0 Å². The Hall–Kier alpha value is -2.53. The third-order valence-corrected chi connectivity index (χ3v) is 3.42. The molecule has 3 aromatic rings. The molecule has 0 aliphatic heterocycles. The van der Waals surface area contributed by atoms with Crippen LogP contribution in [-0.2, 0) is 6.42 Å². The number of rotatable bonds is 3. The molecule has 0 aliphatic carbocycles. The molecule has 0 radical (unpaired) electrons. The summed E-state index contributed by atoms with van der Waals surface area (Å²) < 4.78 is 0. The normalized spacial score (nSPS) is 10.7. The average molecular weight is 299 g/mol. The van der Waals surface area contributed by atoms with E-state index in [9.17, 15) is 4.79 Å². The Morgan fingerprint density at radius 2 is 1.90 bits per heavy atom. The van der Waals surface area contributed by atoms with Gasteiger partial charge in [-0.05, 0) is 17.7 Å². The van der Waals surface area contributed by atoms with Crippen LogP contribution in [0.25, 0.3) is 10.9 Å². The van der Waals surface area contributed by atoms with Gasteiger partial charge in [-0.1, -0.05) is 29.8 Å². The van der Waals surface area contributed by atoms with Crippen molar-refractivity contribution in [3.05, 3.63) is 64.8 Å². The Bertz CT molecular complexity index is 835. The van der Waals surface area contributed by atoms with E-state index >= 15 is 0 Å². The molecule has 0 aliphatic rings. The van der Waals surface area contributed by atoms with Crippen molar-refractivity contribution >= 4 is 28.4 Å². The first-order valence-electron chi connectivity index (χ1n) is 6.28. The van der Waals surface area contributed by atoms with Crippen molar-refractivity contribution in [2.24, 2.45) is 5.73 Å². The smallest absolute Gasteiger partial charge is 0.267 e. The van der Waals surface area contributed by atoms with Gasteiger partial charge in [-0.25, -0.2) is 9.97 Å². The molecule has 1 aromatic carbocycles. The van der Waals surface area contributed by atoms with Gasteiger partial charge in [-0.2, -0.15) is 0 Å². The number of pyridine rings is 1. The van der Waals surface area contributed by atoms with Gasteiger partial charge in [0.1, 0.15) is 5.69 Å². The average Bonchev–Trinajstić information content (AvgIpc) is 2.49. The molecule has 3 rings (SSSR count). The molecule has 104 valence electrons. The minimum absolute atomic E-state index is 0.247. The fourth-order valence-electron chi connectivity index (χ4n) is 2.07. The SMILES string of the molecule is NC(=O)c1ccc2ccc(Cc3nccnc3Cl)cc2n1. The van der Waals surface area contributed by atoms with E-state index in [2.05, 4.69) is 15.0 Å². The van der Waals surface area contributed by atoms with Gasteiger partial charge in [0.05, 0.1) is 11.2 Å².